The van der Waals surface area contributed by atoms with Crippen LogP contribution in [0, 0.1) is 6.92 Å². The van der Waals surface area contributed by atoms with Crippen LogP contribution in [0.15, 0.2) is 71.3 Å². The van der Waals surface area contributed by atoms with Gasteiger partial charge in [-0.3, -0.25) is 4.79 Å². The predicted molar refractivity (Wildman–Crippen MR) is 123 cm³/mol. The van der Waals surface area contributed by atoms with E-state index in [1.807, 2.05) is 29.2 Å². The van der Waals surface area contributed by atoms with Crippen molar-refractivity contribution in [2.24, 2.45) is 0 Å². The van der Waals surface area contributed by atoms with E-state index in [0.29, 0.717) is 6.54 Å². The molecule has 0 N–H and O–H groups in total. The van der Waals surface area contributed by atoms with Crippen LogP contribution in [0.2, 0.25) is 0 Å². The number of unbranched alkanes of at least 4 members (excludes halogenated alkanes) is 2. The van der Waals surface area contributed by atoms with Gasteiger partial charge in [0.05, 0.1) is 12.1 Å². The highest BCUT2D eigenvalue weighted by Gasteiger charge is 2.19. The lowest BCUT2D eigenvalue weighted by Gasteiger charge is -2.24. The second-order valence-electron chi connectivity index (χ2n) is 7.53. The summed E-state index contributed by atoms with van der Waals surface area (Å²) in [6.07, 6.45) is 5.39. The van der Waals surface area contributed by atoms with E-state index < -0.39 is 0 Å². The number of carbonyl (C=O) groups is 1. The highest BCUT2D eigenvalue weighted by molar-refractivity contribution is 9.10. The molecule has 3 nitrogen and oxygen atoms in total. The van der Waals surface area contributed by atoms with Gasteiger partial charge in [-0.2, -0.15) is 0 Å². The maximum Gasteiger partial charge on any atom is 0.255 e. The Labute approximate surface area is 182 Å². The van der Waals surface area contributed by atoms with E-state index >= 15 is 0 Å². The summed E-state index contributed by atoms with van der Waals surface area (Å²) in [6, 6.07) is 20.5. The zero-order valence-corrected chi connectivity index (χ0v) is 18.9. The number of nitrogens with zero attached hydrogens (tertiary/aromatic N) is 2. The van der Waals surface area contributed by atoms with Crippen molar-refractivity contribution >= 4 is 21.8 Å². The summed E-state index contributed by atoms with van der Waals surface area (Å²) in [5.74, 6) is 0.0804. The molecule has 1 heterocycles. The van der Waals surface area contributed by atoms with Gasteiger partial charge in [0.1, 0.15) is 0 Å². The monoisotopic (exact) mass is 452 g/mol. The van der Waals surface area contributed by atoms with E-state index in [9.17, 15) is 4.79 Å². The predicted octanol–water partition coefficient (Wildman–Crippen LogP) is 6.44. The molecule has 0 aliphatic carbocycles. The van der Waals surface area contributed by atoms with Crippen LogP contribution in [0.1, 0.15) is 53.4 Å². The summed E-state index contributed by atoms with van der Waals surface area (Å²) in [5, 5.41) is 0. The van der Waals surface area contributed by atoms with Gasteiger partial charge in [0.25, 0.3) is 5.91 Å². The number of hydrogen-bond acceptors (Lipinski definition) is 1. The molecule has 1 amide bonds. The van der Waals surface area contributed by atoms with Gasteiger partial charge in [0, 0.05) is 29.5 Å². The van der Waals surface area contributed by atoms with Crippen molar-refractivity contribution in [3.8, 4) is 0 Å². The first kappa shape index (κ1) is 21.4. The van der Waals surface area contributed by atoms with Crippen LogP contribution in [-0.4, -0.2) is 21.9 Å². The van der Waals surface area contributed by atoms with E-state index in [0.717, 1.165) is 48.1 Å². The molecule has 0 saturated heterocycles. The topological polar surface area (TPSA) is 25.2 Å². The lowest BCUT2D eigenvalue weighted by atomic mass is 10.1. The number of aryl methyl sites for hydroxylation is 1. The molecule has 1 aromatic heterocycles. The SMILES string of the molecule is CCCCCN(Cc1cccn1Cc1cccc(C)c1)C(=O)c1ccccc1Br. The highest BCUT2D eigenvalue weighted by atomic mass is 79.9. The van der Waals surface area contributed by atoms with E-state index in [-0.39, 0.29) is 5.91 Å². The normalized spacial score (nSPS) is 10.9. The first-order valence-electron chi connectivity index (χ1n) is 10.3. The number of hydrogen-bond donors (Lipinski definition) is 0. The zero-order valence-electron chi connectivity index (χ0n) is 17.3. The molecule has 0 aliphatic rings. The van der Waals surface area contributed by atoms with Gasteiger partial charge in [-0.1, -0.05) is 61.7 Å². The molecule has 3 rings (SSSR count). The average Bonchev–Trinajstić information content (AvgIpc) is 3.14. The first-order valence-corrected chi connectivity index (χ1v) is 11.1. The van der Waals surface area contributed by atoms with Crippen LogP contribution < -0.4 is 0 Å². The summed E-state index contributed by atoms with van der Waals surface area (Å²) in [5.41, 5.74) is 4.42. The molecule has 0 aliphatic heterocycles. The maximum absolute atomic E-state index is 13.3. The summed E-state index contributed by atoms with van der Waals surface area (Å²) in [4.78, 5) is 15.3. The van der Waals surface area contributed by atoms with Crippen molar-refractivity contribution in [1.82, 2.24) is 9.47 Å². The molecular weight excluding hydrogens is 424 g/mol. The minimum absolute atomic E-state index is 0.0804. The average molecular weight is 453 g/mol. The van der Waals surface area contributed by atoms with Gasteiger partial charge in [-0.05, 0) is 59.1 Å². The summed E-state index contributed by atoms with van der Waals surface area (Å²) < 4.78 is 3.09. The fraction of sp³-hybridized carbons (Fsp3) is 0.320. The summed E-state index contributed by atoms with van der Waals surface area (Å²) in [7, 11) is 0. The molecule has 0 spiro atoms. The molecule has 29 heavy (non-hydrogen) atoms. The fourth-order valence-corrected chi connectivity index (χ4v) is 4.01. The Bertz CT molecular complexity index is 947. The lowest BCUT2D eigenvalue weighted by Crippen LogP contribution is -2.32. The lowest BCUT2D eigenvalue weighted by molar-refractivity contribution is 0.0735. The second-order valence-corrected chi connectivity index (χ2v) is 8.38. The second kappa shape index (κ2) is 10.4. The maximum atomic E-state index is 13.3. The molecule has 2 aromatic carbocycles. The van der Waals surface area contributed by atoms with Crippen LogP contribution in [-0.2, 0) is 13.1 Å². The Balaban J connectivity index is 1.80. The van der Waals surface area contributed by atoms with Crippen LogP contribution in [0.4, 0.5) is 0 Å². The standard InChI is InChI=1S/C25H29BrN2O/c1-3-4-7-15-28(25(29)23-13-5-6-14-24(23)26)19-22-12-9-16-27(22)18-21-11-8-10-20(2)17-21/h5-6,8-14,16-17H,3-4,7,15,18-19H2,1-2H3. The van der Waals surface area contributed by atoms with E-state index in [2.05, 4.69) is 76.9 Å². The van der Waals surface area contributed by atoms with Crippen molar-refractivity contribution in [3.63, 3.8) is 0 Å². The number of rotatable bonds is 9. The van der Waals surface area contributed by atoms with Crippen molar-refractivity contribution in [2.45, 2.75) is 46.2 Å². The van der Waals surface area contributed by atoms with Gasteiger partial charge in [0.2, 0.25) is 0 Å². The molecular formula is C25H29BrN2O. The Hall–Kier alpha value is -2.33. The number of amides is 1. The summed E-state index contributed by atoms with van der Waals surface area (Å²) >= 11 is 3.54. The minimum atomic E-state index is 0.0804. The number of benzene rings is 2. The van der Waals surface area contributed by atoms with E-state index in [1.54, 1.807) is 0 Å². The van der Waals surface area contributed by atoms with E-state index in [1.165, 1.54) is 11.1 Å². The summed E-state index contributed by atoms with van der Waals surface area (Å²) in [6.45, 7) is 6.50. The van der Waals surface area contributed by atoms with Crippen molar-refractivity contribution in [2.75, 3.05) is 6.54 Å². The van der Waals surface area contributed by atoms with Crippen LogP contribution in [0.25, 0.3) is 0 Å². The molecule has 0 fully saturated rings. The largest absolute Gasteiger partial charge is 0.345 e. The number of carbonyl (C=O) groups excluding carboxylic acids is 1. The van der Waals surface area contributed by atoms with Crippen LogP contribution >= 0.6 is 15.9 Å². The Morgan fingerprint density at radius 3 is 2.62 bits per heavy atom. The zero-order chi connectivity index (χ0) is 20.6. The van der Waals surface area contributed by atoms with E-state index in [4.69, 9.17) is 0 Å². The molecule has 4 heteroatoms. The third-order valence-electron chi connectivity index (χ3n) is 5.13. The van der Waals surface area contributed by atoms with Crippen molar-refractivity contribution in [1.29, 1.82) is 0 Å². The van der Waals surface area contributed by atoms with Gasteiger partial charge >= 0.3 is 0 Å². The van der Waals surface area contributed by atoms with Crippen LogP contribution in [0.3, 0.4) is 0 Å². The van der Waals surface area contributed by atoms with Gasteiger partial charge in [-0.15, -0.1) is 0 Å². The first-order chi connectivity index (χ1) is 14.1. The molecule has 3 aromatic rings. The van der Waals surface area contributed by atoms with Crippen molar-refractivity contribution < 1.29 is 4.79 Å². The van der Waals surface area contributed by atoms with Crippen molar-refractivity contribution in [3.05, 3.63) is 93.7 Å². The van der Waals surface area contributed by atoms with Gasteiger partial charge in [-0.25, -0.2) is 0 Å². The van der Waals surface area contributed by atoms with Gasteiger partial charge in [0.15, 0.2) is 0 Å². The molecule has 0 radical (unpaired) electrons. The number of halogens is 1. The molecule has 0 bridgehead atoms. The van der Waals surface area contributed by atoms with Gasteiger partial charge < -0.3 is 9.47 Å². The van der Waals surface area contributed by atoms with Crippen LogP contribution in [0.5, 0.6) is 0 Å². The molecule has 0 saturated carbocycles. The molecule has 152 valence electrons. The Morgan fingerprint density at radius 2 is 1.86 bits per heavy atom. The highest BCUT2D eigenvalue weighted by Crippen LogP contribution is 2.20. The number of aromatic nitrogens is 1. The Kier molecular flexibility index (Phi) is 7.70. The Morgan fingerprint density at radius 1 is 1.03 bits per heavy atom. The third kappa shape index (κ3) is 5.83. The minimum Gasteiger partial charge on any atom is -0.345 e. The quantitative estimate of drug-likeness (QED) is 0.342. The third-order valence-corrected chi connectivity index (χ3v) is 5.83. The smallest absolute Gasteiger partial charge is 0.255 e. The molecule has 0 unspecified atom stereocenters. The fourth-order valence-electron chi connectivity index (χ4n) is 3.56. The molecule has 0 atom stereocenters.